The quantitative estimate of drug-likeness (QED) is 0.590. The minimum absolute atomic E-state index is 0.0427. The summed E-state index contributed by atoms with van der Waals surface area (Å²) in [5.41, 5.74) is 0.814. The van der Waals surface area contributed by atoms with E-state index in [0.717, 1.165) is 5.56 Å². The smallest absolute Gasteiger partial charge is 0.314 e. The maximum atomic E-state index is 13.0. The van der Waals surface area contributed by atoms with E-state index in [0.29, 0.717) is 32.5 Å². The van der Waals surface area contributed by atoms with Crippen LogP contribution in [0.3, 0.4) is 0 Å². The van der Waals surface area contributed by atoms with Gasteiger partial charge in [-0.1, -0.05) is 12.1 Å². The Morgan fingerprint density at radius 2 is 1.91 bits per heavy atom. The molecule has 2 amide bonds. The zero-order chi connectivity index (χ0) is 16.4. The molecule has 6 nitrogen and oxygen atoms in total. The first kappa shape index (κ1) is 18.4. The summed E-state index contributed by atoms with van der Waals surface area (Å²) in [4.78, 5) is 11.5. The van der Waals surface area contributed by atoms with Gasteiger partial charge in [0.05, 0.1) is 5.75 Å². The van der Waals surface area contributed by atoms with E-state index in [9.17, 15) is 17.6 Å². The van der Waals surface area contributed by atoms with Crippen molar-refractivity contribution in [3.8, 4) is 0 Å². The lowest BCUT2D eigenvalue weighted by Crippen LogP contribution is -2.38. The topological polar surface area (TPSA) is 87.3 Å². The lowest BCUT2D eigenvalue weighted by Gasteiger charge is -2.08. The molecule has 0 bridgehead atoms. The van der Waals surface area contributed by atoms with Crippen LogP contribution in [0.5, 0.6) is 0 Å². The molecule has 0 unspecified atom stereocenters. The number of rotatable bonds is 9. The average molecular weight is 331 g/mol. The molecule has 22 heavy (non-hydrogen) atoms. The molecule has 8 heteroatoms. The van der Waals surface area contributed by atoms with E-state index in [2.05, 4.69) is 15.4 Å². The highest BCUT2D eigenvalue weighted by Gasteiger charge is 2.05. The summed E-state index contributed by atoms with van der Waals surface area (Å²) in [5.74, 6) is -0.252. The van der Waals surface area contributed by atoms with Gasteiger partial charge in [-0.2, -0.15) is 0 Å². The number of amides is 2. The predicted molar refractivity (Wildman–Crippen MR) is 83.6 cm³/mol. The molecule has 0 aliphatic rings. The summed E-state index contributed by atoms with van der Waals surface area (Å²) in [6.07, 6.45) is 1.05. The summed E-state index contributed by atoms with van der Waals surface area (Å²) in [6.45, 7) is 2.63. The Morgan fingerprint density at radius 1 is 1.18 bits per heavy atom. The van der Waals surface area contributed by atoms with E-state index in [4.69, 9.17) is 0 Å². The maximum absolute atomic E-state index is 13.0. The number of halogens is 1. The van der Waals surface area contributed by atoms with Crippen molar-refractivity contribution in [2.45, 2.75) is 19.8 Å². The van der Waals surface area contributed by atoms with E-state index in [1.165, 1.54) is 12.1 Å². The van der Waals surface area contributed by atoms with Crippen LogP contribution in [-0.2, 0) is 16.4 Å². The summed E-state index contributed by atoms with van der Waals surface area (Å²) in [6, 6.07) is 5.90. The van der Waals surface area contributed by atoms with Crippen molar-refractivity contribution in [2.24, 2.45) is 0 Å². The average Bonchev–Trinajstić information content (AvgIpc) is 2.47. The summed E-state index contributed by atoms with van der Waals surface area (Å²) >= 11 is 0. The second-order valence-electron chi connectivity index (χ2n) is 4.71. The molecular formula is C14H22FN3O3S. The third-order valence-corrected chi connectivity index (χ3v) is 4.33. The molecule has 3 N–H and O–H groups in total. The highest BCUT2D eigenvalue weighted by atomic mass is 32.2. The van der Waals surface area contributed by atoms with Crippen LogP contribution < -0.4 is 15.4 Å². The minimum atomic E-state index is -3.18. The second kappa shape index (κ2) is 9.37. The van der Waals surface area contributed by atoms with Crippen molar-refractivity contribution < 1.29 is 17.6 Å². The Balaban J connectivity index is 2.09. The molecule has 0 aliphatic carbocycles. The first-order chi connectivity index (χ1) is 10.4. The molecule has 0 fully saturated rings. The van der Waals surface area contributed by atoms with Crippen LogP contribution in [0.4, 0.5) is 9.18 Å². The lowest BCUT2D eigenvalue weighted by atomic mass is 10.1. The predicted octanol–water partition coefficient (Wildman–Crippen LogP) is 0.997. The maximum Gasteiger partial charge on any atom is 0.314 e. The van der Waals surface area contributed by atoms with Gasteiger partial charge in [-0.3, -0.25) is 0 Å². The fraction of sp³-hybridized carbons (Fsp3) is 0.500. The van der Waals surface area contributed by atoms with Crippen LogP contribution >= 0.6 is 0 Å². The SMILES string of the molecule is CCS(=O)(=O)NCCCNC(=O)NCCc1cccc(F)c1. The summed E-state index contributed by atoms with van der Waals surface area (Å²) in [5, 5.41) is 5.28. The number of benzene rings is 1. The Kier molecular flexibility index (Phi) is 7.83. The molecule has 0 radical (unpaired) electrons. The fourth-order valence-corrected chi connectivity index (χ4v) is 2.35. The number of hydrogen-bond acceptors (Lipinski definition) is 3. The van der Waals surface area contributed by atoms with Crippen LogP contribution in [0, 0.1) is 5.82 Å². The van der Waals surface area contributed by atoms with Gasteiger partial charge in [0.1, 0.15) is 5.82 Å². The zero-order valence-corrected chi connectivity index (χ0v) is 13.4. The highest BCUT2D eigenvalue weighted by Crippen LogP contribution is 2.03. The number of sulfonamides is 1. The van der Waals surface area contributed by atoms with Crippen LogP contribution in [0.15, 0.2) is 24.3 Å². The van der Waals surface area contributed by atoms with Gasteiger partial charge in [0.25, 0.3) is 0 Å². The molecule has 0 aliphatic heterocycles. The Labute approximate surface area is 130 Å². The Hall–Kier alpha value is -1.67. The van der Waals surface area contributed by atoms with Crippen molar-refractivity contribution in [2.75, 3.05) is 25.4 Å². The van der Waals surface area contributed by atoms with Crippen molar-refractivity contribution in [3.63, 3.8) is 0 Å². The first-order valence-corrected chi connectivity index (χ1v) is 8.81. The molecular weight excluding hydrogens is 309 g/mol. The first-order valence-electron chi connectivity index (χ1n) is 7.16. The Morgan fingerprint density at radius 3 is 2.59 bits per heavy atom. The van der Waals surface area contributed by atoms with Crippen LogP contribution in [0.1, 0.15) is 18.9 Å². The monoisotopic (exact) mass is 331 g/mol. The van der Waals surface area contributed by atoms with Crippen molar-refractivity contribution in [1.29, 1.82) is 0 Å². The molecule has 0 heterocycles. The van der Waals surface area contributed by atoms with Gasteiger partial charge >= 0.3 is 6.03 Å². The van der Waals surface area contributed by atoms with Gasteiger partial charge < -0.3 is 10.6 Å². The number of carbonyl (C=O) groups is 1. The lowest BCUT2D eigenvalue weighted by molar-refractivity contribution is 0.241. The fourth-order valence-electron chi connectivity index (χ4n) is 1.70. The third kappa shape index (κ3) is 7.94. The van der Waals surface area contributed by atoms with Gasteiger partial charge in [0.15, 0.2) is 0 Å². The van der Waals surface area contributed by atoms with E-state index < -0.39 is 10.0 Å². The normalized spacial score (nSPS) is 11.2. The van der Waals surface area contributed by atoms with Crippen molar-refractivity contribution in [3.05, 3.63) is 35.6 Å². The van der Waals surface area contributed by atoms with Crippen LogP contribution in [0.2, 0.25) is 0 Å². The second-order valence-corrected chi connectivity index (χ2v) is 6.81. The van der Waals surface area contributed by atoms with Gasteiger partial charge in [0.2, 0.25) is 10.0 Å². The highest BCUT2D eigenvalue weighted by molar-refractivity contribution is 7.89. The standard InChI is InChI=1S/C14H22FN3O3S/c1-2-22(20,21)18-9-4-8-16-14(19)17-10-7-12-5-3-6-13(15)11-12/h3,5-6,11,18H,2,4,7-10H2,1H3,(H2,16,17,19). The molecule has 0 spiro atoms. The van der Waals surface area contributed by atoms with E-state index in [1.807, 2.05) is 0 Å². The van der Waals surface area contributed by atoms with Gasteiger partial charge in [-0.25, -0.2) is 22.3 Å². The van der Waals surface area contributed by atoms with Crippen molar-refractivity contribution in [1.82, 2.24) is 15.4 Å². The van der Waals surface area contributed by atoms with Crippen molar-refractivity contribution >= 4 is 16.1 Å². The minimum Gasteiger partial charge on any atom is -0.338 e. The molecule has 124 valence electrons. The van der Waals surface area contributed by atoms with Crippen LogP contribution in [0.25, 0.3) is 0 Å². The molecule has 0 aromatic heterocycles. The van der Waals surface area contributed by atoms with Crippen LogP contribution in [-0.4, -0.2) is 39.8 Å². The molecule has 1 aromatic rings. The van der Waals surface area contributed by atoms with E-state index in [-0.39, 0.29) is 17.6 Å². The number of nitrogens with one attached hydrogen (secondary N) is 3. The number of carbonyl (C=O) groups excluding carboxylic acids is 1. The van der Waals surface area contributed by atoms with E-state index in [1.54, 1.807) is 19.1 Å². The summed E-state index contributed by atoms with van der Waals surface area (Å²) < 4.78 is 37.7. The molecule has 1 rings (SSSR count). The van der Waals surface area contributed by atoms with E-state index >= 15 is 0 Å². The third-order valence-electron chi connectivity index (χ3n) is 2.93. The molecule has 0 atom stereocenters. The molecule has 0 saturated carbocycles. The number of hydrogen-bond donors (Lipinski definition) is 3. The van der Waals surface area contributed by atoms with Gasteiger partial charge in [-0.15, -0.1) is 0 Å². The van der Waals surface area contributed by atoms with Gasteiger partial charge in [-0.05, 0) is 37.5 Å². The molecule has 1 aromatic carbocycles. The number of urea groups is 1. The van der Waals surface area contributed by atoms with Gasteiger partial charge in [0, 0.05) is 19.6 Å². The molecule has 0 saturated heterocycles. The Bertz CT molecular complexity index is 578. The zero-order valence-electron chi connectivity index (χ0n) is 12.6. The summed E-state index contributed by atoms with van der Waals surface area (Å²) in [7, 11) is -3.18. The largest absolute Gasteiger partial charge is 0.338 e.